The van der Waals surface area contributed by atoms with Crippen LogP contribution >= 0.6 is 0 Å². The minimum atomic E-state index is -0.155. The average Bonchev–Trinajstić information content (AvgIpc) is 2.34. The summed E-state index contributed by atoms with van der Waals surface area (Å²) in [6, 6.07) is 0.853. The van der Waals surface area contributed by atoms with Crippen LogP contribution in [-0.2, 0) is 0 Å². The molecule has 0 radical (unpaired) electrons. The van der Waals surface area contributed by atoms with Crippen molar-refractivity contribution < 1.29 is 5.11 Å². The molecule has 0 saturated carbocycles. The molecule has 2 aliphatic heterocycles. The highest BCUT2D eigenvalue weighted by atomic mass is 16.3. The van der Waals surface area contributed by atoms with Crippen molar-refractivity contribution in [1.29, 1.82) is 0 Å². The minimum Gasteiger partial charge on any atom is -0.391 e. The predicted octanol–water partition coefficient (Wildman–Crippen LogP) is 1.61. The van der Waals surface area contributed by atoms with Crippen LogP contribution in [0.4, 0.5) is 0 Å². The van der Waals surface area contributed by atoms with Crippen LogP contribution in [0, 0.1) is 5.92 Å². The maximum atomic E-state index is 10.4. The van der Waals surface area contributed by atoms with E-state index in [0.717, 1.165) is 19.4 Å². The number of likely N-dealkylation sites (tertiary alicyclic amines) is 1. The molecule has 0 aromatic heterocycles. The van der Waals surface area contributed by atoms with Crippen LogP contribution in [-0.4, -0.2) is 47.8 Å². The molecule has 3 nitrogen and oxygen atoms in total. The maximum Gasteiger partial charge on any atom is 0.0734 e. The molecule has 0 spiro atoms. The molecule has 100 valence electrons. The third-order valence-electron chi connectivity index (χ3n) is 4.43. The van der Waals surface area contributed by atoms with Crippen LogP contribution in [0.15, 0.2) is 0 Å². The summed E-state index contributed by atoms with van der Waals surface area (Å²) in [7, 11) is 0. The summed E-state index contributed by atoms with van der Waals surface area (Å²) >= 11 is 0. The molecule has 0 amide bonds. The lowest BCUT2D eigenvalue weighted by Gasteiger charge is -2.41. The Morgan fingerprint density at radius 1 is 1.24 bits per heavy atom. The van der Waals surface area contributed by atoms with Crippen molar-refractivity contribution in [3.63, 3.8) is 0 Å². The van der Waals surface area contributed by atoms with Crippen LogP contribution in [0.5, 0.6) is 0 Å². The maximum absolute atomic E-state index is 10.4. The highest BCUT2D eigenvalue weighted by molar-refractivity contribution is 4.91. The molecule has 2 saturated heterocycles. The third-order valence-corrected chi connectivity index (χ3v) is 4.43. The molecule has 3 heteroatoms. The second kappa shape index (κ2) is 6.17. The number of rotatable bonds is 3. The van der Waals surface area contributed by atoms with E-state index in [9.17, 15) is 5.11 Å². The fourth-order valence-electron chi connectivity index (χ4n) is 3.47. The lowest BCUT2D eigenvalue weighted by molar-refractivity contribution is 0.00701. The normalized spacial score (nSPS) is 40.4. The van der Waals surface area contributed by atoms with Crippen LogP contribution in [0.25, 0.3) is 0 Å². The lowest BCUT2D eigenvalue weighted by Crippen LogP contribution is -2.56. The zero-order chi connectivity index (χ0) is 12.3. The van der Waals surface area contributed by atoms with E-state index in [1.54, 1.807) is 0 Å². The van der Waals surface area contributed by atoms with Crippen molar-refractivity contribution in [3.8, 4) is 0 Å². The molecule has 4 unspecified atom stereocenters. The van der Waals surface area contributed by atoms with Gasteiger partial charge in [-0.1, -0.05) is 13.3 Å². The molecule has 4 atom stereocenters. The Bertz CT molecular complexity index is 228. The first-order valence-corrected chi connectivity index (χ1v) is 7.37. The molecular weight excluding hydrogens is 212 g/mol. The van der Waals surface area contributed by atoms with E-state index in [1.807, 2.05) is 0 Å². The van der Waals surface area contributed by atoms with E-state index >= 15 is 0 Å². The van der Waals surface area contributed by atoms with Gasteiger partial charge in [-0.25, -0.2) is 0 Å². The molecule has 0 aromatic rings. The van der Waals surface area contributed by atoms with Gasteiger partial charge in [0.2, 0.25) is 0 Å². The van der Waals surface area contributed by atoms with Gasteiger partial charge in [-0.3, -0.25) is 0 Å². The Morgan fingerprint density at radius 3 is 2.59 bits per heavy atom. The van der Waals surface area contributed by atoms with Crippen molar-refractivity contribution >= 4 is 0 Å². The summed E-state index contributed by atoms with van der Waals surface area (Å²) in [6.07, 6.45) is 6.06. The number of nitrogens with zero attached hydrogens (tertiary/aromatic N) is 1. The standard InChI is InChI=1S/C14H28N2O/c1-3-13-14(17)12(9-11(2)15-13)10-16-7-5-4-6-8-16/h11-15,17H,3-10H2,1-2H3. The van der Waals surface area contributed by atoms with E-state index in [0.29, 0.717) is 18.0 Å². The molecule has 2 fully saturated rings. The number of hydrogen-bond acceptors (Lipinski definition) is 3. The van der Waals surface area contributed by atoms with E-state index in [1.165, 1.54) is 32.4 Å². The van der Waals surface area contributed by atoms with Crippen LogP contribution in [0.1, 0.15) is 46.0 Å². The van der Waals surface area contributed by atoms with Crippen molar-refractivity contribution in [2.24, 2.45) is 5.92 Å². The monoisotopic (exact) mass is 240 g/mol. The van der Waals surface area contributed by atoms with Gasteiger partial charge in [-0.15, -0.1) is 0 Å². The number of aliphatic hydroxyl groups excluding tert-OH is 1. The average molecular weight is 240 g/mol. The summed E-state index contributed by atoms with van der Waals surface area (Å²) in [5, 5.41) is 13.9. The zero-order valence-electron chi connectivity index (χ0n) is 11.4. The number of hydrogen-bond donors (Lipinski definition) is 2. The topological polar surface area (TPSA) is 35.5 Å². The van der Waals surface area contributed by atoms with Crippen LogP contribution in [0.2, 0.25) is 0 Å². The fraction of sp³-hybridized carbons (Fsp3) is 1.00. The molecule has 0 bridgehead atoms. The first-order chi connectivity index (χ1) is 8.20. The smallest absolute Gasteiger partial charge is 0.0734 e. The van der Waals surface area contributed by atoms with Crippen LogP contribution < -0.4 is 5.32 Å². The first-order valence-electron chi connectivity index (χ1n) is 7.37. The van der Waals surface area contributed by atoms with Gasteiger partial charge in [0.25, 0.3) is 0 Å². The van der Waals surface area contributed by atoms with E-state index in [4.69, 9.17) is 0 Å². The second-order valence-electron chi connectivity index (χ2n) is 5.93. The molecule has 17 heavy (non-hydrogen) atoms. The van der Waals surface area contributed by atoms with E-state index in [-0.39, 0.29) is 6.10 Å². The van der Waals surface area contributed by atoms with Gasteiger partial charge >= 0.3 is 0 Å². The molecule has 0 aromatic carbocycles. The van der Waals surface area contributed by atoms with Gasteiger partial charge in [0.15, 0.2) is 0 Å². The van der Waals surface area contributed by atoms with Gasteiger partial charge in [0.1, 0.15) is 0 Å². The quantitative estimate of drug-likeness (QED) is 0.787. The summed E-state index contributed by atoms with van der Waals surface area (Å²) < 4.78 is 0. The summed E-state index contributed by atoms with van der Waals surface area (Å²) in [5.74, 6) is 0.467. The van der Waals surface area contributed by atoms with Crippen LogP contribution in [0.3, 0.4) is 0 Å². The van der Waals surface area contributed by atoms with Gasteiger partial charge in [-0.05, 0) is 45.7 Å². The summed E-state index contributed by atoms with van der Waals surface area (Å²) in [5.41, 5.74) is 0. The molecule has 2 rings (SSSR count). The molecule has 0 aliphatic carbocycles. The van der Waals surface area contributed by atoms with Crippen molar-refractivity contribution in [2.45, 2.75) is 64.1 Å². The molecule has 2 aliphatic rings. The summed E-state index contributed by atoms with van der Waals surface area (Å²) in [4.78, 5) is 2.56. The van der Waals surface area contributed by atoms with E-state index < -0.39 is 0 Å². The Morgan fingerprint density at radius 2 is 1.94 bits per heavy atom. The number of piperidine rings is 2. The van der Waals surface area contributed by atoms with Crippen molar-refractivity contribution in [2.75, 3.05) is 19.6 Å². The first kappa shape index (κ1) is 13.3. The molecule has 2 N–H and O–H groups in total. The van der Waals surface area contributed by atoms with Gasteiger partial charge in [0.05, 0.1) is 6.10 Å². The molecule has 2 heterocycles. The van der Waals surface area contributed by atoms with Gasteiger partial charge in [0, 0.05) is 24.5 Å². The lowest BCUT2D eigenvalue weighted by atomic mass is 9.84. The highest BCUT2D eigenvalue weighted by Crippen LogP contribution is 2.24. The fourth-order valence-corrected chi connectivity index (χ4v) is 3.47. The Labute approximate surface area is 106 Å². The van der Waals surface area contributed by atoms with Gasteiger partial charge in [-0.2, -0.15) is 0 Å². The highest BCUT2D eigenvalue weighted by Gasteiger charge is 2.34. The Hall–Kier alpha value is -0.120. The largest absolute Gasteiger partial charge is 0.391 e. The van der Waals surface area contributed by atoms with Gasteiger partial charge < -0.3 is 15.3 Å². The second-order valence-corrected chi connectivity index (χ2v) is 5.93. The predicted molar refractivity (Wildman–Crippen MR) is 71.1 cm³/mol. The number of aliphatic hydroxyl groups is 1. The third kappa shape index (κ3) is 3.43. The van der Waals surface area contributed by atoms with E-state index in [2.05, 4.69) is 24.1 Å². The van der Waals surface area contributed by atoms with Crippen molar-refractivity contribution in [1.82, 2.24) is 10.2 Å². The minimum absolute atomic E-state index is 0.155. The Kier molecular flexibility index (Phi) is 4.83. The number of nitrogens with one attached hydrogen (secondary N) is 1. The molecular formula is C14H28N2O. The SMILES string of the molecule is CCC1NC(C)CC(CN2CCCCC2)C1O. The van der Waals surface area contributed by atoms with Crippen molar-refractivity contribution in [3.05, 3.63) is 0 Å². The Balaban J connectivity index is 1.88. The zero-order valence-corrected chi connectivity index (χ0v) is 11.4. The summed E-state index contributed by atoms with van der Waals surface area (Å²) in [6.45, 7) is 7.99.